The van der Waals surface area contributed by atoms with E-state index in [-0.39, 0.29) is 18.5 Å². The number of halogens is 1. The van der Waals surface area contributed by atoms with Crippen LogP contribution in [0.25, 0.3) is 0 Å². The van der Waals surface area contributed by atoms with Gasteiger partial charge in [-0.3, -0.25) is 0 Å². The van der Waals surface area contributed by atoms with E-state index in [9.17, 15) is 5.11 Å². The van der Waals surface area contributed by atoms with Gasteiger partial charge in [0.1, 0.15) is 0 Å². The minimum absolute atomic E-state index is 0. The minimum Gasteiger partial charge on any atom is -0.389 e. The maximum Gasteiger partial charge on any atom is 0.0900 e. The number of aliphatic hydroxyl groups excluding tert-OH is 1. The van der Waals surface area contributed by atoms with Crippen molar-refractivity contribution in [2.75, 3.05) is 26.2 Å². The quantitative estimate of drug-likeness (QED) is 0.781. The Balaban J connectivity index is 0.00000220. The predicted molar refractivity (Wildman–Crippen MR) is 90.0 cm³/mol. The zero-order chi connectivity index (χ0) is 15.0. The molecule has 0 aromatic heterocycles. The van der Waals surface area contributed by atoms with Crippen LogP contribution in [-0.4, -0.2) is 48.5 Å². The van der Waals surface area contributed by atoms with Gasteiger partial charge in [0.15, 0.2) is 0 Å². The second-order valence-electron chi connectivity index (χ2n) is 7.57. The van der Waals surface area contributed by atoms with Crippen LogP contribution >= 0.6 is 12.4 Å². The Morgan fingerprint density at radius 1 is 1.24 bits per heavy atom. The van der Waals surface area contributed by atoms with E-state index in [0.29, 0.717) is 23.5 Å². The molecule has 0 amide bonds. The molecule has 2 aliphatic rings. The molecule has 2 bridgehead atoms. The smallest absolute Gasteiger partial charge is 0.0900 e. The van der Waals surface area contributed by atoms with Gasteiger partial charge in [-0.2, -0.15) is 0 Å². The SMILES string of the molecule is CCN(CC)CC(O)COC1CC2CCC1(C)C2(C)C.Cl. The number of nitrogens with zero attached hydrogens (tertiary/aromatic N) is 1. The third-order valence-electron chi connectivity index (χ3n) is 6.57. The van der Waals surface area contributed by atoms with E-state index in [1.54, 1.807) is 0 Å². The molecule has 2 rings (SSSR count). The number of hydrogen-bond donors (Lipinski definition) is 1. The first-order chi connectivity index (χ1) is 9.35. The largest absolute Gasteiger partial charge is 0.389 e. The average Bonchev–Trinajstić information content (AvgIpc) is 2.75. The van der Waals surface area contributed by atoms with E-state index in [1.165, 1.54) is 19.3 Å². The van der Waals surface area contributed by atoms with Gasteiger partial charge in [-0.15, -0.1) is 12.4 Å². The fourth-order valence-corrected chi connectivity index (χ4v) is 4.44. The summed E-state index contributed by atoms with van der Waals surface area (Å²) in [6, 6.07) is 0. The molecule has 1 N–H and O–H groups in total. The molecule has 2 aliphatic carbocycles. The van der Waals surface area contributed by atoms with Crippen LogP contribution < -0.4 is 0 Å². The Morgan fingerprint density at radius 3 is 2.29 bits per heavy atom. The van der Waals surface area contributed by atoms with Crippen LogP contribution in [-0.2, 0) is 4.74 Å². The molecule has 126 valence electrons. The number of aliphatic hydroxyl groups is 1. The van der Waals surface area contributed by atoms with Gasteiger partial charge in [-0.1, -0.05) is 34.6 Å². The molecule has 0 aliphatic heterocycles. The van der Waals surface area contributed by atoms with E-state index < -0.39 is 0 Å². The number of rotatable bonds is 7. The molecule has 21 heavy (non-hydrogen) atoms. The minimum atomic E-state index is -0.360. The maximum atomic E-state index is 10.2. The molecule has 0 aromatic carbocycles. The predicted octanol–water partition coefficient (Wildman–Crippen LogP) is 3.34. The first-order valence-corrected chi connectivity index (χ1v) is 8.37. The lowest BCUT2D eigenvalue weighted by molar-refractivity contribution is -0.0789. The monoisotopic (exact) mass is 319 g/mol. The highest BCUT2D eigenvalue weighted by Crippen LogP contribution is 2.66. The summed E-state index contributed by atoms with van der Waals surface area (Å²) in [7, 11) is 0. The zero-order valence-corrected chi connectivity index (χ0v) is 15.2. The summed E-state index contributed by atoms with van der Waals surface area (Å²) in [6.07, 6.45) is 3.79. The molecule has 0 saturated heterocycles. The third-order valence-corrected chi connectivity index (χ3v) is 6.57. The Bertz CT molecular complexity index is 333. The summed E-state index contributed by atoms with van der Waals surface area (Å²) in [5.74, 6) is 0.803. The highest BCUT2D eigenvalue weighted by Gasteiger charge is 2.61. The third kappa shape index (κ3) is 3.41. The molecule has 4 unspecified atom stereocenters. The maximum absolute atomic E-state index is 10.2. The number of likely N-dealkylation sites (N-methyl/N-ethyl adjacent to an activating group) is 1. The second-order valence-corrected chi connectivity index (χ2v) is 7.57. The molecule has 0 heterocycles. The lowest BCUT2D eigenvalue weighted by Crippen LogP contribution is -2.40. The van der Waals surface area contributed by atoms with Crippen molar-refractivity contribution < 1.29 is 9.84 Å². The van der Waals surface area contributed by atoms with Crippen molar-refractivity contribution in [3.05, 3.63) is 0 Å². The van der Waals surface area contributed by atoms with Crippen LogP contribution in [0, 0.1) is 16.7 Å². The fraction of sp³-hybridized carbons (Fsp3) is 1.00. The van der Waals surface area contributed by atoms with E-state index in [1.807, 2.05) is 0 Å². The van der Waals surface area contributed by atoms with Crippen molar-refractivity contribution in [3.8, 4) is 0 Å². The lowest BCUT2D eigenvalue weighted by atomic mass is 9.70. The standard InChI is InChI=1S/C17H33NO2.ClH/c1-6-18(7-2)11-14(19)12-20-15-10-13-8-9-17(15,5)16(13,3)4;/h13-15,19H,6-12H2,1-5H3;1H. The van der Waals surface area contributed by atoms with Crippen LogP contribution in [0.4, 0.5) is 0 Å². The van der Waals surface area contributed by atoms with Crippen LogP contribution in [0.2, 0.25) is 0 Å². The molecule has 0 radical (unpaired) electrons. The van der Waals surface area contributed by atoms with Gasteiger partial charge in [-0.05, 0) is 49.1 Å². The van der Waals surface area contributed by atoms with E-state index in [2.05, 4.69) is 39.5 Å². The number of ether oxygens (including phenoxy) is 1. The Morgan fingerprint density at radius 2 is 1.86 bits per heavy atom. The molecule has 4 atom stereocenters. The lowest BCUT2D eigenvalue weighted by Gasteiger charge is -2.39. The Hall–Kier alpha value is 0.170. The molecule has 0 spiro atoms. The fourth-order valence-electron chi connectivity index (χ4n) is 4.44. The van der Waals surface area contributed by atoms with Crippen LogP contribution in [0.3, 0.4) is 0 Å². The van der Waals surface area contributed by atoms with Crippen molar-refractivity contribution in [2.45, 2.75) is 66.1 Å². The Labute approximate surface area is 136 Å². The van der Waals surface area contributed by atoms with Crippen molar-refractivity contribution in [2.24, 2.45) is 16.7 Å². The molecule has 2 fully saturated rings. The van der Waals surface area contributed by atoms with Crippen LogP contribution in [0.1, 0.15) is 53.9 Å². The molecular formula is C17H34ClNO2. The van der Waals surface area contributed by atoms with Crippen molar-refractivity contribution >= 4 is 12.4 Å². The van der Waals surface area contributed by atoms with Crippen molar-refractivity contribution in [1.29, 1.82) is 0 Å². The highest BCUT2D eigenvalue weighted by molar-refractivity contribution is 5.85. The number of fused-ring (bicyclic) bond motifs is 2. The summed E-state index contributed by atoms with van der Waals surface area (Å²) in [5.41, 5.74) is 0.689. The summed E-state index contributed by atoms with van der Waals surface area (Å²) in [5, 5.41) is 10.2. The van der Waals surface area contributed by atoms with Crippen molar-refractivity contribution in [1.82, 2.24) is 4.90 Å². The molecule has 3 nitrogen and oxygen atoms in total. The van der Waals surface area contributed by atoms with Gasteiger partial charge in [0.05, 0.1) is 18.8 Å². The van der Waals surface area contributed by atoms with Gasteiger partial charge in [-0.25, -0.2) is 0 Å². The van der Waals surface area contributed by atoms with E-state index >= 15 is 0 Å². The molecule has 2 saturated carbocycles. The zero-order valence-electron chi connectivity index (χ0n) is 14.4. The summed E-state index contributed by atoms with van der Waals surface area (Å²) in [4.78, 5) is 2.25. The van der Waals surface area contributed by atoms with Gasteiger partial charge in [0.25, 0.3) is 0 Å². The van der Waals surface area contributed by atoms with Crippen LogP contribution in [0.5, 0.6) is 0 Å². The summed E-state index contributed by atoms with van der Waals surface area (Å²) >= 11 is 0. The first-order valence-electron chi connectivity index (χ1n) is 8.37. The molecule has 0 aromatic rings. The van der Waals surface area contributed by atoms with Gasteiger partial charge >= 0.3 is 0 Å². The first kappa shape index (κ1) is 19.2. The van der Waals surface area contributed by atoms with Gasteiger partial charge in [0.2, 0.25) is 0 Å². The molecular weight excluding hydrogens is 286 g/mol. The second kappa shape index (κ2) is 7.16. The average molecular weight is 320 g/mol. The highest BCUT2D eigenvalue weighted by atomic mass is 35.5. The number of hydrogen-bond acceptors (Lipinski definition) is 3. The van der Waals surface area contributed by atoms with Gasteiger partial charge in [0, 0.05) is 6.54 Å². The topological polar surface area (TPSA) is 32.7 Å². The van der Waals surface area contributed by atoms with E-state index in [0.717, 1.165) is 25.6 Å². The summed E-state index contributed by atoms with van der Waals surface area (Å²) in [6.45, 7) is 14.7. The van der Waals surface area contributed by atoms with Crippen LogP contribution in [0.15, 0.2) is 0 Å². The molecule has 4 heteroatoms. The Kier molecular flexibility index (Phi) is 6.55. The van der Waals surface area contributed by atoms with Crippen molar-refractivity contribution in [3.63, 3.8) is 0 Å². The summed E-state index contributed by atoms with van der Waals surface area (Å²) < 4.78 is 6.15. The van der Waals surface area contributed by atoms with Gasteiger partial charge < -0.3 is 14.7 Å². The normalized spacial score (nSPS) is 35.0. The van der Waals surface area contributed by atoms with E-state index in [4.69, 9.17) is 4.74 Å².